The fourth-order valence-electron chi connectivity index (χ4n) is 3.83. The Labute approximate surface area is 151 Å². The fraction of sp³-hybridized carbons (Fsp3) is 0.238. The number of nitrogens with one attached hydrogen (secondary N) is 1. The van der Waals surface area contributed by atoms with Crippen LogP contribution in [-0.4, -0.2) is 21.0 Å². The number of rotatable bonds is 5. The lowest BCUT2D eigenvalue weighted by Crippen LogP contribution is -2.13. The number of aromatic amines is 1. The second-order valence-electron chi connectivity index (χ2n) is 6.96. The molecule has 1 atom stereocenters. The van der Waals surface area contributed by atoms with Crippen LogP contribution in [0.2, 0.25) is 0 Å². The number of nitrogens with zero attached hydrogens (tertiary/aromatic N) is 2. The number of hydrogen-bond acceptors (Lipinski definition) is 2. The van der Waals surface area contributed by atoms with E-state index in [1.165, 1.54) is 0 Å². The molecule has 2 aromatic heterocycles. The highest BCUT2D eigenvalue weighted by molar-refractivity contribution is 5.88. The van der Waals surface area contributed by atoms with Gasteiger partial charge in [-0.05, 0) is 37.1 Å². The number of nitro groups is 1. The Morgan fingerprint density at radius 1 is 1.04 bits per heavy atom. The maximum absolute atomic E-state index is 11.5. The first-order valence-corrected chi connectivity index (χ1v) is 8.83. The van der Waals surface area contributed by atoms with E-state index in [9.17, 15) is 10.1 Å². The lowest BCUT2D eigenvalue weighted by molar-refractivity contribution is -0.481. The van der Waals surface area contributed by atoms with Crippen LogP contribution in [0.25, 0.3) is 21.8 Å². The Hall–Kier alpha value is -3.08. The fourth-order valence-corrected chi connectivity index (χ4v) is 3.83. The van der Waals surface area contributed by atoms with Crippen molar-refractivity contribution in [2.45, 2.75) is 25.8 Å². The summed E-state index contributed by atoms with van der Waals surface area (Å²) in [6, 6.07) is 16.4. The van der Waals surface area contributed by atoms with Gasteiger partial charge in [0.2, 0.25) is 6.54 Å². The molecule has 0 aliphatic rings. The largest absolute Gasteiger partial charge is 0.361 e. The van der Waals surface area contributed by atoms with E-state index in [1.54, 1.807) is 0 Å². The van der Waals surface area contributed by atoms with Crippen LogP contribution in [-0.2, 0) is 0 Å². The van der Waals surface area contributed by atoms with Crippen molar-refractivity contribution < 1.29 is 4.92 Å². The van der Waals surface area contributed by atoms with Crippen LogP contribution in [0, 0.1) is 10.1 Å². The molecule has 1 N–H and O–H groups in total. The van der Waals surface area contributed by atoms with Crippen molar-refractivity contribution in [3.05, 3.63) is 82.2 Å². The summed E-state index contributed by atoms with van der Waals surface area (Å²) in [5, 5.41) is 13.6. The summed E-state index contributed by atoms with van der Waals surface area (Å²) < 4.78 is 2.20. The van der Waals surface area contributed by atoms with Crippen molar-refractivity contribution in [3.63, 3.8) is 0 Å². The lowest BCUT2D eigenvalue weighted by atomic mass is 9.91. The van der Waals surface area contributed by atoms with E-state index < -0.39 is 0 Å². The standard InChI is InChI=1S/C21H21N3O2/c1-14(2)23-12-18(16-8-4-6-10-21(16)23)19(13-24(25)26)17-11-22-20-9-5-3-7-15(17)20/h3-12,14,19,22H,13H2,1-2H3. The van der Waals surface area contributed by atoms with Gasteiger partial charge in [-0.15, -0.1) is 0 Å². The SMILES string of the molecule is CC(C)n1cc(C(C[N+](=O)[O-])c2c[nH]c3ccccc23)c2ccccc21. The van der Waals surface area contributed by atoms with Gasteiger partial charge in [0.25, 0.3) is 0 Å². The summed E-state index contributed by atoms with van der Waals surface area (Å²) in [5.41, 5.74) is 4.11. The van der Waals surface area contributed by atoms with Gasteiger partial charge in [-0.1, -0.05) is 36.4 Å². The van der Waals surface area contributed by atoms with Crippen LogP contribution >= 0.6 is 0 Å². The molecule has 0 aliphatic heterocycles. The first-order chi connectivity index (χ1) is 12.6. The van der Waals surface area contributed by atoms with Crippen LogP contribution in [0.1, 0.15) is 36.9 Å². The van der Waals surface area contributed by atoms with Gasteiger partial charge < -0.3 is 9.55 Å². The predicted octanol–water partition coefficient (Wildman–Crippen LogP) is 5.11. The molecule has 0 spiro atoms. The topological polar surface area (TPSA) is 63.9 Å². The molecule has 2 heterocycles. The van der Waals surface area contributed by atoms with Crippen LogP contribution in [0.4, 0.5) is 0 Å². The normalized spacial score (nSPS) is 12.9. The van der Waals surface area contributed by atoms with Gasteiger partial charge in [0.1, 0.15) is 0 Å². The van der Waals surface area contributed by atoms with Gasteiger partial charge in [0.15, 0.2) is 0 Å². The monoisotopic (exact) mass is 347 g/mol. The highest BCUT2D eigenvalue weighted by Crippen LogP contribution is 2.36. The Bertz CT molecular complexity index is 1090. The quantitative estimate of drug-likeness (QED) is 0.403. The van der Waals surface area contributed by atoms with Gasteiger partial charge in [0.05, 0.1) is 5.92 Å². The minimum Gasteiger partial charge on any atom is -0.361 e. The van der Waals surface area contributed by atoms with E-state index in [2.05, 4.69) is 41.7 Å². The number of para-hydroxylation sites is 2. The first-order valence-electron chi connectivity index (χ1n) is 8.83. The molecule has 5 heteroatoms. The molecule has 0 bridgehead atoms. The lowest BCUT2D eigenvalue weighted by Gasteiger charge is -2.12. The number of hydrogen-bond donors (Lipinski definition) is 1. The van der Waals surface area contributed by atoms with E-state index in [1.807, 2.05) is 42.6 Å². The van der Waals surface area contributed by atoms with E-state index in [-0.39, 0.29) is 23.4 Å². The van der Waals surface area contributed by atoms with Crippen molar-refractivity contribution in [2.24, 2.45) is 0 Å². The summed E-state index contributed by atoms with van der Waals surface area (Å²) in [6.45, 7) is 4.13. The maximum atomic E-state index is 11.5. The molecule has 1 unspecified atom stereocenters. The van der Waals surface area contributed by atoms with Gasteiger partial charge in [-0.3, -0.25) is 10.1 Å². The summed E-state index contributed by atoms with van der Waals surface area (Å²) in [4.78, 5) is 14.5. The third kappa shape index (κ3) is 2.65. The molecule has 4 aromatic rings. The molecule has 0 saturated heterocycles. The van der Waals surface area contributed by atoms with Gasteiger partial charge >= 0.3 is 0 Å². The highest BCUT2D eigenvalue weighted by atomic mass is 16.6. The van der Waals surface area contributed by atoms with Crippen LogP contribution in [0.5, 0.6) is 0 Å². The predicted molar refractivity (Wildman–Crippen MR) is 104 cm³/mol. The van der Waals surface area contributed by atoms with Crippen LogP contribution in [0.3, 0.4) is 0 Å². The molecule has 0 fully saturated rings. The average molecular weight is 347 g/mol. The van der Waals surface area contributed by atoms with Gasteiger partial charge in [-0.2, -0.15) is 0 Å². The first kappa shape index (κ1) is 16.4. The third-order valence-corrected chi connectivity index (χ3v) is 5.03. The number of H-pyrrole nitrogens is 1. The molecule has 0 saturated carbocycles. The Balaban J connectivity index is 1.96. The number of benzene rings is 2. The number of fused-ring (bicyclic) bond motifs is 2. The molecule has 4 rings (SSSR count). The number of aromatic nitrogens is 2. The van der Waals surface area contributed by atoms with Gasteiger partial charge in [-0.25, -0.2) is 0 Å². The molecular formula is C21H21N3O2. The third-order valence-electron chi connectivity index (χ3n) is 5.03. The molecule has 0 radical (unpaired) electrons. The maximum Gasteiger partial charge on any atom is 0.214 e. The summed E-state index contributed by atoms with van der Waals surface area (Å²) in [6.07, 6.45) is 4.01. The Kier molecular flexibility index (Phi) is 3.99. The minimum absolute atomic E-state index is 0.131. The molecule has 0 aliphatic carbocycles. The van der Waals surface area contributed by atoms with E-state index in [4.69, 9.17) is 0 Å². The molecule has 5 nitrogen and oxygen atoms in total. The molecule has 26 heavy (non-hydrogen) atoms. The Morgan fingerprint density at radius 2 is 1.73 bits per heavy atom. The highest BCUT2D eigenvalue weighted by Gasteiger charge is 2.27. The van der Waals surface area contributed by atoms with Crippen molar-refractivity contribution in [2.75, 3.05) is 6.54 Å². The molecule has 2 aromatic carbocycles. The van der Waals surface area contributed by atoms with Crippen LogP contribution < -0.4 is 0 Å². The van der Waals surface area contributed by atoms with E-state index in [0.29, 0.717) is 0 Å². The second kappa shape index (κ2) is 6.33. The van der Waals surface area contributed by atoms with Gasteiger partial charge in [0, 0.05) is 45.2 Å². The van der Waals surface area contributed by atoms with E-state index >= 15 is 0 Å². The molecule has 0 amide bonds. The molecule has 132 valence electrons. The van der Waals surface area contributed by atoms with Crippen molar-refractivity contribution in [1.82, 2.24) is 9.55 Å². The summed E-state index contributed by atoms with van der Waals surface area (Å²) in [5.74, 6) is -0.300. The van der Waals surface area contributed by atoms with Crippen molar-refractivity contribution >= 4 is 21.8 Å². The average Bonchev–Trinajstić information content (AvgIpc) is 3.22. The van der Waals surface area contributed by atoms with Crippen molar-refractivity contribution in [1.29, 1.82) is 0 Å². The second-order valence-corrected chi connectivity index (χ2v) is 6.96. The zero-order chi connectivity index (χ0) is 18.3. The van der Waals surface area contributed by atoms with E-state index in [0.717, 1.165) is 32.9 Å². The van der Waals surface area contributed by atoms with Crippen molar-refractivity contribution in [3.8, 4) is 0 Å². The smallest absolute Gasteiger partial charge is 0.214 e. The summed E-state index contributed by atoms with van der Waals surface area (Å²) >= 11 is 0. The zero-order valence-corrected chi connectivity index (χ0v) is 14.8. The minimum atomic E-state index is -0.300. The zero-order valence-electron chi connectivity index (χ0n) is 14.8. The molecular weight excluding hydrogens is 326 g/mol. The van der Waals surface area contributed by atoms with Crippen LogP contribution in [0.15, 0.2) is 60.9 Å². The Morgan fingerprint density at radius 3 is 2.46 bits per heavy atom. The summed E-state index contributed by atoms with van der Waals surface area (Å²) in [7, 11) is 0.